The molecule has 1 fully saturated rings. The van der Waals surface area contributed by atoms with Crippen LogP contribution >= 0.6 is 0 Å². The van der Waals surface area contributed by atoms with Gasteiger partial charge in [0, 0.05) is 25.2 Å². The average Bonchev–Trinajstić information content (AvgIpc) is 3.28. The highest BCUT2D eigenvalue weighted by atomic mass is 16.7. The van der Waals surface area contributed by atoms with E-state index in [0.29, 0.717) is 60.9 Å². The van der Waals surface area contributed by atoms with E-state index in [9.17, 15) is 9.59 Å². The Morgan fingerprint density at radius 1 is 1.26 bits per heavy atom. The number of rotatable bonds is 6. The summed E-state index contributed by atoms with van der Waals surface area (Å²) in [5, 5.41) is 0. The topological polar surface area (TPSA) is 97.5 Å². The summed E-state index contributed by atoms with van der Waals surface area (Å²) in [5.74, 6) is 2.50. The fraction of sp³-hybridized carbons (Fsp3) is 0.609. The van der Waals surface area contributed by atoms with Crippen molar-refractivity contribution in [3.8, 4) is 11.5 Å². The summed E-state index contributed by atoms with van der Waals surface area (Å²) in [6, 6.07) is 5.33. The maximum atomic E-state index is 12.9. The molecule has 0 aromatic heterocycles. The highest BCUT2D eigenvalue weighted by Gasteiger charge is 2.44. The molecule has 1 saturated heterocycles. The van der Waals surface area contributed by atoms with Crippen LogP contribution in [-0.2, 0) is 4.79 Å². The number of guanidine groups is 1. The van der Waals surface area contributed by atoms with E-state index in [1.54, 1.807) is 23.1 Å². The number of fused-ring (bicyclic) bond motifs is 1. The summed E-state index contributed by atoms with van der Waals surface area (Å²) >= 11 is 0. The van der Waals surface area contributed by atoms with Gasteiger partial charge in [0.1, 0.15) is 5.54 Å². The van der Waals surface area contributed by atoms with E-state index in [4.69, 9.17) is 15.2 Å². The van der Waals surface area contributed by atoms with Crippen LogP contribution in [0.2, 0.25) is 0 Å². The van der Waals surface area contributed by atoms with Gasteiger partial charge in [-0.05, 0) is 62.6 Å². The zero-order valence-corrected chi connectivity index (χ0v) is 18.6. The van der Waals surface area contributed by atoms with E-state index < -0.39 is 5.54 Å². The third-order valence-corrected chi connectivity index (χ3v) is 6.43. The third-order valence-electron chi connectivity index (χ3n) is 6.43. The molecule has 3 aliphatic rings. The molecule has 2 amide bonds. The Morgan fingerprint density at radius 3 is 2.68 bits per heavy atom. The molecule has 0 aliphatic carbocycles. The molecule has 8 nitrogen and oxygen atoms in total. The van der Waals surface area contributed by atoms with Crippen LogP contribution in [0.1, 0.15) is 56.8 Å². The zero-order chi connectivity index (χ0) is 22.2. The van der Waals surface area contributed by atoms with Crippen LogP contribution in [0.15, 0.2) is 23.2 Å². The molecule has 8 heteroatoms. The molecular weight excluding hydrogens is 396 g/mol. The van der Waals surface area contributed by atoms with Crippen molar-refractivity contribution in [2.45, 2.75) is 52.0 Å². The van der Waals surface area contributed by atoms with Gasteiger partial charge < -0.3 is 20.1 Å². The number of nitrogens with zero attached hydrogens (tertiary/aromatic N) is 3. The maximum absolute atomic E-state index is 12.9. The van der Waals surface area contributed by atoms with Gasteiger partial charge in [-0.3, -0.25) is 14.5 Å². The molecule has 1 aromatic rings. The molecule has 0 saturated carbocycles. The third kappa shape index (κ3) is 4.34. The number of likely N-dealkylation sites (tertiary alicyclic amines) is 1. The number of nitrogens with two attached hydrogens (primary N) is 1. The first-order valence-electron chi connectivity index (χ1n) is 11.1. The van der Waals surface area contributed by atoms with Crippen LogP contribution in [0.3, 0.4) is 0 Å². The summed E-state index contributed by atoms with van der Waals surface area (Å²) in [4.78, 5) is 33.8. The number of benzene rings is 1. The molecule has 1 atom stereocenters. The van der Waals surface area contributed by atoms with Gasteiger partial charge >= 0.3 is 0 Å². The van der Waals surface area contributed by atoms with Crippen LogP contribution in [0.4, 0.5) is 0 Å². The highest BCUT2D eigenvalue weighted by Crippen LogP contribution is 2.33. The van der Waals surface area contributed by atoms with Crippen LogP contribution < -0.4 is 15.2 Å². The lowest BCUT2D eigenvalue weighted by Crippen LogP contribution is -2.45. The molecule has 1 unspecified atom stereocenters. The fourth-order valence-corrected chi connectivity index (χ4v) is 4.85. The van der Waals surface area contributed by atoms with Crippen LogP contribution in [0.25, 0.3) is 0 Å². The lowest BCUT2D eigenvalue weighted by Gasteiger charge is -2.33. The Balaban J connectivity index is 1.27. The minimum absolute atomic E-state index is 0.00845. The second kappa shape index (κ2) is 8.40. The number of hydrogen-bond acceptors (Lipinski definition) is 6. The van der Waals surface area contributed by atoms with Gasteiger partial charge in [0.2, 0.25) is 6.79 Å². The molecule has 3 aliphatic heterocycles. The first kappa shape index (κ1) is 21.5. The number of aliphatic imine (C=N–C) groups is 1. The quantitative estimate of drug-likeness (QED) is 0.751. The minimum Gasteiger partial charge on any atom is -0.454 e. The van der Waals surface area contributed by atoms with Crippen molar-refractivity contribution < 1.29 is 19.1 Å². The van der Waals surface area contributed by atoms with E-state index in [1.165, 1.54) is 0 Å². The second-order valence-electron chi connectivity index (χ2n) is 9.39. The number of amides is 2. The zero-order valence-electron chi connectivity index (χ0n) is 18.6. The number of ether oxygens (including phenoxy) is 2. The van der Waals surface area contributed by atoms with Crippen molar-refractivity contribution in [1.29, 1.82) is 0 Å². The Morgan fingerprint density at radius 2 is 1.97 bits per heavy atom. The minimum atomic E-state index is -0.737. The van der Waals surface area contributed by atoms with Crippen molar-refractivity contribution in [2.24, 2.45) is 22.6 Å². The largest absolute Gasteiger partial charge is 0.454 e. The lowest BCUT2D eigenvalue weighted by atomic mass is 9.90. The number of hydrogen-bond donors (Lipinski definition) is 1. The Labute approximate surface area is 183 Å². The van der Waals surface area contributed by atoms with Gasteiger partial charge in [-0.25, -0.2) is 4.99 Å². The van der Waals surface area contributed by atoms with Gasteiger partial charge in [-0.1, -0.05) is 13.8 Å². The van der Waals surface area contributed by atoms with Gasteiger partial charge in [0.05, 0.1) is 0 Å². The van der Waals surface area contributed by atoms with Crippen molar-refractivity contribution in [3.63, 3.8) is 0 Å². The standard InChI is InChI=1S/C23H32N4O4/c1-15(2)13-23(3)21(29)27(22(24)25-23)11-8-16-6-9-26(10-7-16)20(28)17-4-5-18-19(12-17)31-14-30-18/h4-5,12,15-16H,6-11,13-14H2,1-3H3,(H2,24,25). The SMILES string of the molecule is CC(C)CC1(C)N=C(N)N(CCC2CCN(C(=O)c3ccc4c(c3)OCO4)CC2)C1=O. The molecule has 31 heavy (non-hydrogen) atoms. The maximum Gasteiger partial charge on any atom is 0.257 e. The molecule has 0 spiro atoms. The first-order valence-corrected chi connectivity index (χ1v) is 11.1. The van der Waals surface area contributed by atoms with Crippen LogP contribution in [0, 0.1) is 11.8 Å². The summed E-state index contributed by atoms with van der Waals surface area (Å²) in [5.41, 5.74) is 5.97. The summed E-state index contributed by atoms with van der Waals surface area (Å²) in [7, 11) is 0. The Bertz CT molecular complexity index is 892. The smallest absolute Gasteiger partial charge is 0.257 e. The summed E-state index contributed by atoms with van der Waals surface area (Å²) in [6.07, 6.45) is 3.40. The molecule has 1 aromatic carbocycles. The van der Waals surface area contributed by atoms with E-state index in [0.717, 1.165) is 19.3 Å². The Kier molecular flexibility index (Phi) is 5.81. The lowest BCUT2D eigenvalue weighted by molar-refractivity contribution is -0.131. The predicted molar refractivity (Wildman–Crippen MR) is 117 cm³/mol. The molecular formula is C23H32N4O4. The highest BCUT2D eigenvalue weighted by molar-refractivity contribution is 6.06. The first-order chi connectivity index (χ1) is 14.8. The summed E-state index contributed by atoms with van der Waals surface area (Å²) in [6.45, 7) is 8.26. The van der Waals surface area contributed by atoms with E-state index in [2.05, 4.69) is 18.8 Å². The molecule has 4 rings (SSSR count). The van der Waals surface area contributed by atoms with Gasteiger partial charge in [0.15, 0.2) is 17.5 Å². The van der Waals surface area contributed by atoms with E-state index in [-0.39, 0.29) is 18.6 Å². The van der Waals surface area contributed by atoms with Crippen molar-refractivity contribution in [2.75, 3.05) is 26.4 Å². The van der Waals surface area contributed by atoms with Gasteiger partial charge in [-0.15, -0.1) is 0 Å². The molecule has 3 heterocycles. The number of carbonyl (C=O) groups is 2. The number of piperidine rings is 1. The second-order valence-corrected chi connectivity index (χ2v) is 9.39. The van der Waals surface area contributed by atoms with E-state index >= 15 is 0 Å². The Hall–Kier alpha value is -2.77. The fourth-order valence-electron chi connectivity index (χ4n) is 4.85. The average molecular weight is 429 g/mol. The molecule has 168 valence electrons. The van der Waals surface area contributed by atoms with Crippen molar-refractivity contribution >= 4 is 17.8 Å². The molecule has 0 bridgehead atoms. The molecule has 0 radical (unpaired) electrons. The van der Waals surface area contributed by atoms with E-state index in [1.807, 2.05) is 11.8 Å². The van der Waals surface area contributed by atoms with Crippen LogP contribution in [-0.4, -0.2) is 59.5 Å². The summed E-state index contributed by atoms with van der Waals surface area (Å²) < 4.78 is 10.7. The van der Waals surface area contributed by atoms with Gasteiger partial charge in [0.25, 0.3) is 11.8 Å². The van der Waals surface area contributed by atoms with Crippen molar-refractivity contribution in [1.82, 2.24) is 9.80 Å². The monoisotopic (exact) mass is 428 g/mol. The van der Waals surface area contributed by atoms with Gasteiger partial charge in [-0.2, -0.15) is 0 Å². The number of carbonyl (C=O) groups excluding carboxylic acids is 2. The normalized spacial score (nSPS) is 23.6. The predicted octanol–water partition coefficient (Wildman–Crippen LogP) is 2.62. The van der Waals surface area contributed by atoms with Crippen molar-refractivity contribution in [3.05, 3.63) is 23.8 Å². The van der Waals surface area contributed by atoms with Crippen LogP contribution in [0.5, 0.6) is 11.5 Å². The molecule has 2 N–H and O–H groups in total.